The van der Waals surface area contributed by atoms with Gasteiger partial charge in [-0.2, -0.15) is 0 Å². The van der Waals surface area contributed by atoms with Gasteiger partial charge in [0.1, 0.15) is 18.1 Å². The van der Waals surface area contributed by atoms with E-state index >= 15 is 0 Å². The molecule has 0 saturated carbocycles. The number of amides is 1. The van der Waals surface area contributed by atoms with Crippen LogP contribution in [-0.2, 0) is 16.2 Å². The van der Waals surface area contributed by atoms with Crippen molar-refractivity contribution in [3.05, 3.63) is 93.2 Å². The van der Waals surface area contributed by atoms with Crippen LogP contribution in [0.2, 0.25) is 0 Å². The molecule has 0 aliphatic carbocycles. The van der Waals surface area contributed by atoms with E-state index in [1.54, 1.807) is 17.0 Å². The summed E-state index contributed by atoms with van der Waals surface area (Å²) < 4.78 is 5.91. The van der Waals surface area contributed by atoms with Crippen LogP contribution in [-0.4, -0.2) is 52.8 Å². The maximum absolute atomic E-state index is 13.2. The van der Waals surface area contributed by atoms with E-state index in [0.29, 0.717) is 31.0 Å². The standard InChI is InChI=1S/C29H32N2O4S/c1-4-30(5-2)15-16-31-26(24-12-9-17-36-24)25(28(33)29(31)34)27(32)23-14-13-22(18-20(23)3)35-19-21-10-7-6-8-11-21/h6-14,17-18,26,32H,4-5,15-16,19H2,1-3H3/t26-/m1/s1. The lowest BCUT2D eigenvalue weighted by Crippen LogP contribution is -2.37. The number of carbonyl (C=O) groups excluding carboxylic acids is 2. The topological polar surface area (TPSA) is 70.1 Å². The van der Waals surface area contributed by atoms with E-state index in [0.717, 1.165) is 29.1 Å². The SMILES string of the molecule is CCN(CC)CCN1C(=O)C(=O)C(=C(O)c2ccc(OCc3ccccc3)cc2C)[C@H]1c1cccs1. The minimum atomic E-state index is -0.644. The van der Waals surface area contributed by atoms with Crippen LogP contribution in [0.25, 0.3) is 5.76 Å². The molecule has 6 nitrogen and oxygen atoms in total. The number of aliphatic hydroxyl groups is 1. The first kappa shape index (κ1) is 25.7. The average Bonchev–Trinajstić information content (AvgIpc) is 3.51. The van der Waals surface area contributed by atoms with E-state index in [9.17, 15) is 14.7 Å². The van der Waals surface area contributed by atoms with Crippen molar-refractivity contribution in [1.29, 1.82) is 0 Å². The Balaban J connectivity index is 1.64. The van der Waals surface area contributed by atoms with Gasteiger partial charge in [-0.1, -0.05) is 50.2 Å². The minimum Gasteiger partial charge on any atom is -0.507 e. The van der Waals surface area contributed by atoms with Gasteiger partial charge in [0.15, 0.2) is 0 Å². The summed E-state index contributed by atoms with van der Waals surface area (Å²) >= 11 is 1.48. The maximum Gasteiger partial charge on any atom is 0.295 e. The molecular weight excluding hydrogens is 472 g/mol. The van der Waals surface area contributed by atoms with Crippen LogP contribution in [0.5, 0.6) is 5.75 Å². The lowest BCUT2D eigenvalue weighted by atomic mass is 9.97. The second kappa shape index (κ2) is 11.5. The van der Waals surface area contributed by atoms with Crippen LogP contribution in [0.15, 0.2) is 71.6 Å². The first-order chi connectivity index (χ1) is 17.4. The third-order valence-corrected chi connectivity index (χ3v) is 7.53. The fraction of sp³-hybridized carbons (Fsp3) is 0.310. The Labute approximate surface area is 216 Å². The highest BCUT2D eigenvalue weighted by atomic mass is 32.1. The number of ether oxygens (including phenoxy) is 1. The van der Waals surface area contributed by atoms with Gasteiger partial charge in [0.2, 0.25) is 0 Å². The van der Waals surface area contributed by atoms with Crippen LogP contribution in [0.4, 0.5) is 0 Å². The fourth-order valence-electron chi connectivity index (χ4n) is 4.52. The van der Waals surface area contributed by atoms with Gasteiger partial charge < -0.3 is 19.6 Å². The lowest BCUT2D eigenvalue weighted by molar-refractivity contribution is -0.140. The number of benzene rings is 2. The summed E-state index contributed by atoms with van der Waals surface area (Å²) in [5.41, 5.74) is 2.48. The Kier molecular flexibility index (Phi) is 8.23. The summed E-state index contributed by atoms with van der Waals surface area (Å²) in [5.74, 6) is -0.691. The van der Waals surface area contributed by atoms with Gasteiger partial charge in [-0.3, -0.25) is 9.59 Å². The number of hydrogen-bond donors (Lipinski definition) is 1. The molecule has 1 N–H and O–H groups in total. The number of aryl methyl sites for hydroxylation is 1. The molecule has 188 valence electrons. The molecule has 1 aliphatic rings. The number of nitrogens with zero attached hydrogens (tertiary/aromatic N) is 2. The zero-order valence-corrected chi connectivity index (χ0v) is 21.8. The summed E-state index contributed by atoms with van der Waals surface area (Å²) in [6, 6.07) is 18.5. The molecule has 0 bridgehead atoms. The lowest BCUT2D eigenvalue weighted by Gasteiger charge is -2.27. The van der Waals surface area contributed by atoms with Crippen molar-refractivity contribution < 1.29 is 19.4 Å². The smallest absolute Gasteiger partial charge is 0.295 e. The molecule has 7 heteroatoms. The zero-order chi connectivity index (χ0) is 25.7. The van der Waals surface area contributed by atoms with E-state index in [4.69, 9.17) is 4.74 Å². The number of carbonyl (C=O) groups is 2. The van der Waals surface area contributed by atoms with Crippen LogP contribution in [0, 0.1) is 6.92 Å². The van der Waals surface area contributed by atoms with Gasteiger partial charge in [0, 0.05) is 23.5 Å². The maximum atomic E-state index is 13.2. The van der Waals surface area contributed by atoms with Gasteiger partial charge in [-0.05, 0) is 60.8 Å². The van der Waals surface area contributed by atoms with Gasteiger partial charge >= 0.3 is 0 Å². The third-order valence-electron chi connectivity index (χ3n) is 6.61. The number of aliphatic hydroxyl groups excluding tert-OH is 1. The molecule has 4 rings (SSSR count). The second-order valence-corrected chi connectivity index (χ2v) is 9.77. The molecule has 0 radical (unpaired) electrons. The van der Waals surface area contributed by atoms with Crippen molar-refractivity contribution in [2.45, 2.75) is 33.4 Å². The molecule has 1 saturated heterocycles. The van der Waals surface area contributed by atoms with E-state index < -0.39 is 17.7 Å². The number of rotatable bonds is 10. The highest BCUT2D eigenvalue weighted by Gasteiger charge is 2.46. The molecule has 1 aromatic heterocycles. The molecule has 0 spiro atoms. The summed E-state index contributed by atoms with van der Waals surface area (Å²) in [4.78, 5) is 31.0. The van der Waals surface area contributed by atoms with Crippen molar-refractivity contribution in [2.75, 3.05) is 26.2 Å². The predicted molar refractivity (Wildman–Crippen MR) is 143 cm³/mol. The molecule has 1 aliphatic heterocycles. The van der Waals surface area contributed by atoms with E-state index in [1.165, 1.54) is 11.3 Å². The molecule has 1 fully saturated rings. The Hall–Kier alpha value is -3.42. The largest absolute Gasteiger partial charge is 0.507 e. The van der Waals surface area contributed by atoms with Crippen LogP contribution < -0.4 is 4.74 Å². The number of likely N-dealkylation sites (tertiary alicyclic amines) is 1. The highest BCUT2D eigenvalue weighted by Crippen LogP contribution is 2.41. The number of ketones is 1. The molecule has 3 aromatic rings. The molecule has 0 unspecified atom stereocenters. The van der Waals surface area contributed by atoms with Crippen LogP contribution in [0.3, 0.4) is 0 Å². The van der Waals surface area contributed by atoms with Crippen molar-refractivity contribution in [1.82, 2.24) is 9.80 Å². The Morgan fingerprint density at radius 1 is 1.06 bits per heavy atom. The Morgan fingerprint density at radius 3 is 2.44 bits per heavy atom. The van der Waals surface area contributed by atoms with Crippen molar-refractivity contribution in [3.63, 3.8) is 0 Å². The highest BCUT2D eigenvalue weighted by molar-refractivity contribution is 7.10. The summed E-state index contributed by atoms with van der Waals surface area (Å²) in [7, 11) is 0. The molecular formula is C29H32N2O4S. The molecule has 36 heavy (non-hydrogen) atoms. The van der Waals surface area contributed by atoms with Crippen molar-refractivity contribution >= 4 is 28.8 Å². The van der Waals surface area contributed by atoms with Crippen molar-refractivity contribution in [3.8, 4) is 5.75 Å². The number of hydrogen-bond acceptors (Lipinski definition) is 6. The molecule has 1 atom stereocenters. The first-order valence-corrected chi connectivity index (χ1v) is 13.1. The molecule has 2 aromatic carbocycles. The van der Waals surface area contributed by atoms with Gasteiger partial charge in [-0.15, -0.1) is 11.3 Å². The van der Waals surface area contributed by atoms with E-state index in [-0.39, 0.29) is 11.3 Å². The zero-order valence-electron chi connectivity index (χ0n) is 20.9. The number of thiophene rings is 1. The minimum absolute atomic E-state index is 0.142. The quantitative estimate of drug-likeness (QED) is 0.227. The van der Waals surface area contributed by atoms with Gasteiger partial charge in [0.25, 0.3) is 11.7 Å². The van der Waals surface area contributed by atoms with E-state index in [1.807, 2.05) is 60.8 Å². The number of Topliss-reactive ketones (excluding diaryl/α,β-unsaturated/α-hetero) is 1. The van der Waals surface area contributed by atoms with Gasteiger partial charge in [-0.25, -0.2) is 0 Å². The second-order valence-electron chi connectivity index (χ2n) is 8.79. The Bertz CT molecular complexity index is 1230. The Morgan fingerprint density at radius 2 is 1.81 bits per heavy atom. The first-order valence-electron chi connectivity index (χ1n) is 12.3. The summed E-state index contributed by atoms with van der Waals surface area (Å²) in [6.45, 7) is 9.24. The monoisotopic (exact) mass is 504 g/mol. The predicted octanol–water partition coefficient (Wildman–Crippen LogP) is 5.40. The van der Waals surface area contributed by atoms with E-state index in [2.05, 4.69) is 18.7 Å². The normalized spacial score (nSPS) is 17.2. The molecule has 1 amide bonds. The third kappa shape index (κ3) is 5.37. The average molecular weight is 505 g/mol. The fourth-order valence-corrected chi connectivity index (χ4v) is 5.37. The van der Waals surface area contributed by atoms with Crippen LogP contribution in [0.1, 0.15) is 41.5 Å². The van der Waals surface area contributed by atoms with Crippen LogP contribution >= 0.6 is 11.3 Å². The summed E-state index contributed by atoms with van der Waals surface area (Å²) in [6.07, 6.45) is 0. The van der Waals surface area contributed by atoms with Crippen molar-refractivity contribution in [2.24, 2.45) is 0 Å². The van der Waals surface area contributed by atoms with Gasteiger partial charge in [0.05, 0.1) is 11.6 Å². The molecule has 2 heterocycles. The summed E-state index contributed by atoms with van der Waals surface area (Å²) in [5, 5.41) is 13.3. The number of likely N-dealkylation sites (N-methyl/N-ethyl adjacent to an activating group) is 1.